The number of nitrogens with zero attached hydrogens (tertiary/aromatic N) is 2. The van der Waals surface area contributed by atoms with E-state index in [4.69, 9.17) is 4.74 Å². The van der Waals surface area contributed by atoms with Gasteiger partial charge in [0.05, 0.1) is 24.4 Å². The van der Waals surface area contributed by atoms with Crippen LogP contribution in [0.4, 0.5) is 10.1 Å². The van der Waals surface area contributed by atoms with E-state index in [1.54, 1.807) is 10.9 Å². The minimum Gasteiger partial charge on any atom is -0.492 e. The van der Waals surface area contributed by atoms with Crippen LogP contribution in [0.1, 0.15) is 18.4 Å². The van der Waals surface area contributed by atoms with Gasteiger partial charge in [0.1, 0.15) is 11.6 Å². The molecule has 0 unspecified atom stereocenters. The Morgan fingerprint density at radius 3 is 3.04 bits per heavy atom. The van der Waals surface area contributed by atoms with E-state index in [0.717, 1.165) is 12.1 Å². The van der Waals surface area contributed by atoms with Gasteiger partial charge in [0, 0.05) is 38.3 Å². The first-order valence-corrected chi connectivity index (χ1v) is 8.01. The van der Waals surface area contributed by atoms with Gasteiger partial charge in [-0.3, -0.25) is 9.48 Å². The van der Waals surface area contributed by atoms with Gasteiger partial charge < -0.3 is 15.4 Å². The highest BCUT2D eigenvalue weighted by Crippen LogP contribution is 2.31. The third-order valence-corrected chi connectivity index (χ3v) is 4.21. The second kappa shape index (κ2) is 7.00. The van der Waals surface area contributed by atoms with Crippen molar-refractivity contribution in [1.29, 1.82) is 0 Å². The molecule has 1 aromatic heterocycles. The Morgan fingerprint density at radius 1 is 1.50 bits per heavy atom. The SMILES string of the molecule is CCOc1cc(F)ccc1NC(=O)[C@H]1CNC[C@@H]1c1cnn(C)c1. The Morgan fingerprint density at radius 2 is 2.33 bits per heavy atom. The van der Waals surface area contributed by atoms with Crippen LogP contribution in [0.25, 0.3) is 0 Å². The molecule has 24 heavy (non-hydrogen) atoms. The number of nitrogens with one attached hydrogen (secondary N) is 2. The van der Waals surface area contributed by atoms with Gasteiger partial charge in [0.25, 0.3) is 0 Å². The van der Waals surface area contributed by atoms with Crippen LogP contribution in [-0.4, -0.2) is 35.4 Å². The molecular weight excluding hydrogens is 311 g/mol. The minimum atomic E-state index is -0.396. The van der Waals surface area contributed by atoms with Crippen molar-refractivity contribution >= 4 is 11.6 Å². The molecule has 1 saturated heterocycles. The van der Waals surface area contributed by atoms with E-state index < -0.39 is 5.82 Å². The maximum atomic E-state index is 13.4. The van der Waals surface area contributed by atoms with Crippen LogP contribution in [-0.2, 0) is 11.8 Å². The van der Waals surface area contributed by atoms with Gasteiger partial charge in [0.2, 0.25) is 5.91 Å². The standard InChI is InChI=1S/C17H21FN4O2/c1-3-24-16-6-12(18)4-5-15(16)21-17(23)14-9-19-8-13(14)11-7-20-22(2)10-11/h4-7,10,13-14,19H,3,8-9H2,1-2H3,(H,21,23)/t13-,14+/m1/s1. The average Bonchev–Trinajstić information content (AvgIpc) is 3.18. The molecule has 1 fully saturated rings. The number of carbonyl (C=O) groups excluding carboxylic acids is 1. The van der Waals surface area contributed by atoms with E-state index in [1.165, 1.54) is 18.2 Å². The zero-order valence-corrected chi connectivity index (χ0v) is 13.8. The van der Waals surface area contributed by atoms with Crippen molar-refractivity contribution in [2.45, 2.75) is 12.8 Å². The van der Waals surface area contributed by atoms with E-state index in [0.29, 0.717) is 24.6 Å². The van der Waals surface area contributed by atoms with Crippen molar-refractivity contribution in [3.63, 3.8) is 0 Å². The molecule has 1 aliphatic heterocycles. The van der Waals surface area contributed by atoms with Crippen LogP contribution in [0.3, 0.4) is 0 Å². The molecule has 3 rings (SSSR count). The molecule has 128 valence electrons. The molecule has 0 saturated carbocycles. The fourth-order valence-electron chi connectivity index (χ4n) is 3.04. The van der Waals surface area contributed by atoms with Gasteiger partial charge in [-0.15, -0.1) is 0 Å². The Hall–Kier alpha value is -2.41. The zero-order chi connectivity index (χ0) is 17.1. The molecule has 0 radical (unpaired) electrons. The topological polar surface area (TPSA) is 68.2 Å². The normalized spacial score (nSPS) is 20.1. The van der Waals surface area contributed by atoms with Crippen molar-refractivity contribution in [1.82, 2.24) is 15.1 Å². The number of anilines is 1. The van der Waals surface area contributed by atoms with Crippen molar-refractivity contribution < 1.29 is 13.9 Å². The van der Waals surface area contributed by atoms with Crippen LogP contribution >= 0.6 is 0 Å². The monoisotopic (exact) mass is 332 g/mol. The maximum Gasteiger partial charge on any atom is 0.229 e. The van der Waals surface area contributed by atoms with Gasteiger partial charge in [-0.2, -0.15) is 5.10 Å². The van der Waals surface area contributed by atoms with Crippen LogP contribution in [0.5, 0.6) is 5.75 Å². The fourth-order valence-corrected chi connectivity index (χ4v) is 3.04. The number of rotatable bonds is 5. The molecule has 0 bridgehead atoms. The molecule has 7 heteroatoms. The van der Waals surface area contributed by atoms with Crippen molar-refractivity contribution in [2.24, 2.45) is 13.0 Å². The smallest absolute Gasteiger partial charge is 0.229 e. The fraction of sp³-hybridized carbons (Fsp3) is 0.412. The largest absolute Gasteiger partial charge is 0.492 e. The number of hydrogen-bond acceptors (Lipinski definition) is 4. The lowest BCUT2D eigenvalue weighted by Crippen LogP contribution is -2.28. The van der Waals surface area contributed by atoms with Crippen LogP contribution in [0, 0.1) is 11.7 Å². The summed E-state index contributed by atoms with van der Waals surface area (Å²) in [5.74, 6) is -0.313. The predicted molar refractivity (Wildman–Crippen MR) is 88.5 cm³/mol. The lowest BCUT2D eigenvalue weighted by atomic mass is 9.90. The van der Waals surface area contributed by atoms with Crippen molar-refractivity contribution in [3.8, 4) is 5.75 Å². The summed E-state index contributed by atoms with van der Waals surface area (Å²) in [6.45, 7) is 3.54. The second-order valence-corrected chi connectivity index (χ2v) is 5.88. The molecule has 6 nitrogen and oxygen atoms in total. The lowest BCUT2D eigenvalue weighted by Gasteiger charge is -2.18. The Balaban J connectivity index is 1.77. The van der Waals surface area contributed by atoms with E-state index in [-0.39, 0.29) is 17.7 Å². The summed E-state index contributed by atoms with van der Waals surface area (Å²) in [5, 5.41) is 10.3. The second-order valence-electron chi connectivity index (χ2n) is 5.88. The first-order chi connectivity index (χ1) is 11.6. The highest BCUT2D eigenvalue weighted by Gasteiger charge is 2.35. The number of ether oxygens (including phenoxy) is 1. The van der Waals surface area contributed by atoms with Crippen molar-refractivity contribution in [3.05, 3.63) is 42.0 Å². The quantitative estimate of drug-likeness (QED) is 0.877. The van der Waals surface area contributed by atoms with Crippen molar-refractivity contribution in [2.75, 3.05) is 25.0 Å². The first kappa shape index (κ1) is 16.4. The number of aromatic nitrogens is 2. The summed E-state index contributed by atoms with van der Waals surface area (Å²) in [6.07, 6.45) is 3.73. The van der Waals surface area contributed by atoms with Crippen LogP contribution in [0.15, 0.2) is 30.6 Å². The summed E-state index contributed by atoms with van der Waals surface area (Å²) in [6, 6.07) is 4.12. The molecule has 0 aliphatic carbocycles. The van der Waals surface area contributed by atoms with Gasteiger partial charge in [-0.1, -0.05) is 0 Å². The summed E-state index contributed by atoms with van der Waals surface area (Å²) in [5.41, 5.74) is 1.52. The molecule has 0 spiro atoms. The third kappa shape index (κ3) is 3.41. The Labute approximate surface area is 140 Å². The molecule has 2 atom stereocenters. The molecule has 1 aromatic carbocycles. The highest BCUT2D eigenvalue weighted by atomic mass is 19.1. The predicted octanol–water partition coefficient (Wildman–Crippen LogP) is 1.90. The van der Waals surface area contributed by atoms with Gasteiger partial charge in [0.15, 0.2) is 0 Å². The van der Waals surface area contributed by atoms with Gasteiger partial charge in [-0.05, 0) is 24.6 Å². The number of benzene rings is 1. The third-order valence-electron chi connectivity index (χ3n) is 4.21. The lowest BCUT2D eigenvalue weighted by molar-refractivity contribution is -0.119. The maximum absolute atomic E-state index is 13.4. The van der Waals surface area contributed by atoms with E-state index >= 15 is 0 Å². The molecule has 2 heterocycles. The molecular formula is C17H21FN4O2. The summed E-state index contributed by atoms with van der Waals surface area (Å²) in [4.78, 5) is 12.7. The van der Waals surface area contributed by atoms with E-state index in [9.17, 15) is 9.18 Å². The molecule has 1 aliphatic rings. The minimum absolute atomic E-state index is 0.0645. The van der Waals surface area contributed by atoms with Crippen LogP contribution < -0.4 is 15.4 Å². The summed E-state index contributed by atoms with van der Waals surface area (Å²) in [7, 11) is 1.85. The van der Waals surface area contributed by atoms with E-state index in [1.807, 2.05) is 20.2 Å². The average molecular weight is 332 g/mol. The zero-order valence-electron chi connectivity index (χ0n) is 13.8. The number of amides is 1. The Bertz CT molecular complexity index is 731. The van der Waals surface area contributed by atoms with Crippen LogP contribution in [0.2, 0.25) is 0 Å². The molecule has 2 aromatic rings. The Kier molecular flexibility index (Phi) is 4.80. The van der Waals surface area contributed by atoms with Gasteiger partial charge in [-0.25, -0.2) is 4.39 Å². The molecule has 2 N–H and O–H groups in total. The first-order valence-electron chi connectivity index (χ1n) is 8.01. The highest BCUT2D eigenvalue weighted by molar-refractivity contribution is 5.95. The number of aryl methyl sites for hydroxylation is 1. The molecule has 1 amide bonds. The van der Waals surface area contributed by atoms with Gasteiger partial charge >= 0.3 is 0 Å². The van der Waals surface area contributed by atoms with E-state index in [2.05, 4.69) is 15.7 Å². The number of carbonyl (C=O) groups is 1. The summed E-state index contributed by atoms with van der Waals surface area (Å²) >= 11 is 0. The summed E-state index contributed by atoms with van der Waals surface area (Å²) < 4.78 is 20.5. The number of halogens is 1. The number of hydrogen-bond donors (Lipinski definition) is 2.